The molecule has 3 aromatic carbocycles. The van der Waals surface area contributed by atoms with E-state index in [2.05, 4.69) is 5.32 Å². The summed E-state index contributed by atoms with van der Waals surface area (Å²) in [5.41, 5.74) is 2.08. The first kappa shape index (κ1) is 33.7. The smallest absolute Gasteiger partial charge is 0.264 e. The van der Waals surface area contributed by atoms with Crippen LogP contribution in [-0.2, 0) is 26.2 Å². The zero-order valence-electron chi connectivity index (χ0n) is 24.3. The molecule has 0 aliphatic heterocycles. The zero-order chi connectivity index (χ0) is 31.2. The van der Waals surface area contributed by atoms with Gasteiger partial charge in [-0.05, 0) is 75.6 Å². The lowest BCUT2D eigenvalue weighted by Gasteiger charge is -2.34. The van der Waals surface area contributed by atoms with Gasteiger partial charge in [-0.3, -0.25) is 13.9 Å². The van der Waals surface area contributed by atoms with Crippen LogP contribution in [-0.4, -0.2) is 43.8 Å². The van der Waals surface area contributed by atoms with Crippen molar-refractivity contribution in [3.8, 4) is 0 Å². The van der Waals surface area contributed by atoms with Gasteiger partial charge in [-0.2, -0.15) is 0 Å². The van der Waals surface area contributed by atoms with E-state index in [1.165, 1.54) is 17.0 Å². The van der Waals surface area contributed by atoms with Gasteiger partial charge in [-0.1, -0.05) is 78.5 Å². The number of sulfonamides is 1. The molecule has 42 heavy (non-hydrogen) atoms. The SMILES string of the molecule is CC[C@@H](C)NC(=O)[C@@H](CC)N(Cc1c(Cl)cccc1Cl)C(=O)CN(c1cccc(Cl)c1C)S(=O)(=O)c1ccc(C)cc1. The molecule has 0 aromatic heterocycles. The number of halogens is 3. The van der Waals surface area contributed by atoms with Gasteiger partial charge in [-0.15, -0.1) is 0 Å². The molecule has 226 valence electrons. The van der Waals surface area contributed by atoms with E-state index in [1.807, 2.05) is 20.8 Å². The summed E-state index contributed by atoms with van der Waals surface area (Å²) in [7, 11) is -4.23. The Balaban J connectivity index is 2.14. The minimum Gasteiger partial charge on any atom is -0.352 e. The highest BCUT2D eigenvalue weighted by Gasteiger charge is 2.35. The number of carbonyl (C=O) groups is 2. The number of benzene rings is 3. The Hall–Kier alpha value is -2.78. The second-order valence-corrected chi connectivity index (χ2v) is 13.3. The van der Waals surface area contributed by atoms with Crippen molar-refractivity contribution in [3.63, 3.8) is 0 Å². The minimum absolute atomic E-state index is 0.0162. The summed E-state index contributed by atoms with van der Waals surface area (Å²) in [5.74, 6) is -0.956. The molecule has 2 amide bonds. The number of hydrogen-bond donors (Lipinski definition) is 1. The highest BCUT2D eigenvalue weighted by Crippen LogP contribution is 2.32. The van der Waals surface area contributed by atoms with Crippen LogP contribution in [0.2, 0.25) is 15.1 Å². The number of anilines is 1. The number of amides is 2. The van der Waals surface area contributed by atoms with E-state index in [0.717, 1.165) is 9.87 Å². The maximum atomic E-state index is 14.3. The maximum absolute atomic E-state index is 14.3. The summed E-state index contributed by atoms with van der Waals surface area (Å²) in [6, 6.07) is 15.2. The molecule has 1 N–H and O–H groups in total. The van der Waals surface area contributed by atoms with Crippen molar-refractivity contribution in [2.45, 2.75) is 71.0 Å². The fourth-order valence-electron chi connectivity index (χ4n) is 4.43. The predicted octanol–water partition coefficient (Wildman–Crippen LogP) is 7.18. The van der Waals surface area contributed by atoms with Crippen LogP contribution >= 0.6 is 34.8 Å². The Kier molecular flexibility index (Phi) is 11.7. The average Bonchev–Trinajstić information content (AvgIpc) is 2.94. The van der Waals surface area contributed by atoms with E-state index in [0.29, 0.717) is 32.6 Å². The van der Waals surface area contributed by atoms with Crippen LogP contribution in [0.15, 0.2) is 65.6 Å². The van der Waals surface area contributed by atoms with Crippen molar-refractivity contribution >= 4 is 62.3 Å². The van der Waals surface area contributed by atoms with E-state index >= 15 is 0 Å². The quantitative estimate of drug-likeness (QED) is 0.225. The Morgan fingerprint density at radius 2 is 1.43 bits per heavy atom. The normalized spacial score (nSPS) is 12.9. The fraction of sp³-hybridized carbons (Fsp3) is 0.355. The molecule has 0 radical (unpaired) electrons. The van der Waals surface area contributed by atoms with E-state index < -0.39 is 28.5 Å². The van der Waals surface area contributed by atoms with Gasteiger partial charge in [0, 0.05) is 33.2 Å². The summed E-state index contributed by atoms with van der Waals surface area (Å²) >= 11 is 19.3. The van der Waals surface area contributed by atoms with Gasteiger partial charge >= 0.3 is 0 Å². The lowest BCUT2D eigenvalue weighted by atomic mass is 10.1. The number of hydrogen-bond acceptors (Lipinski definition) is 4. The lowest BCUT2D eigenvalue weighted by molar-refractivity contribution is -0.140. The molecule has 0 fully saturated rings. The third kappa shape index (κ3) is 7.78. The van der Waals surface area contributed by atoms with Crippen LogP contribution in [0.5, 0.6) is 0 Å². The molecule has 0 unspecified atom stereocenters. The van der Waals surface area contributed by atoms with E-state index in [-0.39, 0.29) is 35.5 Å². The van der Waals surface area contributed by atoms with Crippen LogP contribution in [0.3, 0.4) is 0 Å². The van der Waals surface area contributed by atoms with E-state index in [9.17, 15) is 18.0 Å². The Morgan fingerprint density at radius 3 is 2.00 bits per heavy atom. The molecule has 3 aromatic rings. The van der Waals surface area contributed by atoms with Crippen molar-refractivity contribution in [2.75, 3.05) is 10.8 Å². The Morgan fingerprint density at radius 1 is 0.857 bits per heavy atom. The predicted molar refractivity (Wildman–Crippen MR) is 171 cm³/mol. The second-order valence-electron chi connectivity index (χ2n) is 10.2. The van der Waals surface area contributed by atoms with Crippen molar-refractivity contribution < 1.29 is 18.0 Å². The molecule has 7 nitrogen and oxygen atoms in total. The number of nitrogens with one attached hydrogen (secondary N) is 1. The summed E-state index contributed by atoms with van der Waals surface area (Å²) in [6.45, 7) is 8.46. The van der Waals surface area contributed by atoms with Crippen LogP contribution in [0.1, 0.15) is 50.3 Å². The number of aryl methyl sites for hydroxylation is 1. The molecule has 0 bridgehead atoms. The number of carbonyl (C=O) groups excluding carboxylic acids is 2. The van der Waals surface area contributed by atoms with Crippen molar-refractivity contribution in [3.05, 3.63) is 92.4 Å². The molecular weight excluding hydrogens is 617 g/mol. The van der Waals surface area contributed by atoms with Crippen molar-refractivity contribution in [1.29, 1.82) is 0 Å². The Labute approximate surface area is 263 Å². The van der Waals surface area contributed by atoms with Crippen molar-refractivity contribution in [2.24, 2.45) is 0 Å². The summed E-state index contributed by atoms with van der Waals surface area (Å²) in [5, 5.41) is 3.95. The largest absolute Gasteiger partial charge is 0.352 e. The molecule has 0 saturated heterocycles. The highest BCUT2D eigenvalue weighted by molar-refractivity contribution is 7.92. The van der Waals surface area contributed by atoms with Crippen LogP contribution in [0, 0.1) is 13.8 Å². The van der Waals surface area contributed by atoms with Gasteiger partial charge in [-0.25, -0.2) is 8.42 Å². The third-order valence-corrected chi connectivity index (χ3v) is 10.1. The van der Waals surface area contributed by atoms with Gasteiger partial charge in [0.25, 0.3) is 10.0 Å². The lowest BCUT2D eigenvalue weighted by Crippen LogP contribution is -2.53. The van der Waals surface area contributed by atoms with E-state index in [4.69, 9.17) is 34.8 Å². The second kappa shape index (κ2) is 14.6. The standard InChI is InChI=1S/C31H36Cl3N3O4S/c1-6-21(4)35-31(39)28(7-2)36(18-24-26(33)11-8-12-27(24)34)30(38)19-37(29-13-9-10-25(32)22(29)5)42(40,41)23-16-14-20(3)15-17-23/h8-17,21,28H,6-7,18-19H2,1-5H3,(H,35,39)/t21-,28-/m1/s1. The maximum Gasteiger partial charge on any atom is 0.264 e. The molecule has 0 spiro atoms. The average molecular weight is 653 g/mol. The van der Waals surface area contributed by atoms with Crippen LogP contribution < -0.4 is 9.62 Å². The van der Waals surface area contributed by atoms with Crippen LogP contribution in [0.4, 0.5) is 5.69 Å². The molecule has 2 atom stereocenters. The molecule has 3 rings (SSSR count). The van der Waals surface area contributed by atoms with Gasteiger partial charge in [0.15, 0.2) is 0 Å². The molecule has 0 saturated carbocycles. The van der Waals surface area contributed by atoms with Gasteiger partial charge < -0.3 is 10.2 Å². The number of nitrogens with zero attached hydrogens (tertiary/aromatic N) is 2. The minimum atomic E-state index is -4.23. The first-order valence-corrected chi connectivity index (χ1v) is 16.3. The zero-order valence-corrected chi connectivity index (χ0v) is 27.4. The molecule has 0 heterocycles. The summed E-state index contributed by atoms with van der Waals surface area (Å²) in [4.78, 5) is 29.1. The summed E-state index contributed by atoms with van der Waals surface area (Å²) < 4.78 is 29.2. The van der Waals surface area contributed by atoms with E-state index in [1.54, 1.807) is 62.4 Å². The van der Waals surface area contributed by atoms with Gasteiger partial charge in [0.2, 0.25) is 11.8 Å². The van der Waals surface area contributed by atoms with Gasteiger partial charge in [0.1, 0.15) is 12.6 Å². The van der Waals surface area contributed by atoms with Gasteiger partial charge in [0.05, 0.1) is 10.6 Å². The first-order chi connectivity index (χ1) is 19.8. The molecule has 11 heteroatoms. The summed E-state index contributed by atoms with van der Waals surface area (Å²) in [6.07, 6.45) is 0.972. The number of rotatable bonds is 12. The molecule has 0 aliphatic rings. The molecule has 0 aliphatic carbocycles. The van der Waals surface area contributed by atoms with Crippen molar-refractivity contribution in [1.82, 2.24) is 10.2 Å². The Bertz CT molecular complexity index is 1510. The monoisotopic (exact) mass is 651 g/mol. The highest BCUT2D eigenvalue weighted by atomic mass is 35.5. The van der Waals surface area contributed by atoms with Crippen LogP contribution in [0.25, 0.3) is 0 Å². The molecular formula is C31H36Cl3N3O4S. The topological polar surface area (TPSA) is 86.8 Å². The fourth-order valence-corrected chi connectivity index (χ4v) is 6.59. The third-order valence-electron chi connectivity index (χ3n) is 7.17. The first-order valence-electron chi connectivity index (χ1n) is 13.7.